The Hall–Kier alpha value is -1.94. The van der Waals surface area contributed by atoms with Crippen LogP contribution in [0.2, 0.25) is 0 Å². The number of ether oxygens (including phenoxy) is 1. The third-order valence-corrected chi connectivity index (χ3v) is 3.19. The molecule has 0 saturated heterocycles. The van der Waals surface area contributed by atoms with Crippen LogP contribution in [0.5, 0.6) is 5.75 Å². The molecule has 0 atom stereocenters. The SMILES string of the molecule is COc1ccc(/C=C/C(=O)c2ccncc2)cc1Br. The Morgan fingerprint density at radius 1 is 1.26 bits per heavy atom. The van der Waals surface area contributed by atoms with E-state index in [1.54, 1.807) is 43.8 Å². The van der Waals surface area contributed by atoms with Gasteiger partial charge in [0.15, 0.2) is 5.78 Å². The number of carbonyl (C=O) groups excluding carboxylic acids is 1. The van der Waals surface area contributed by atoms with Gasteiger partial charge in [0.1, 0.15) is 5.75 Å². The van der Waals surface area contributed by atoms with E-state index in [1.165, 1.54) is 0 Å². The highest BCUT2D eigenvalue weighted by Gasteiger charge is 2.02. The van der Waals surface area contributed by atoms with Crippen LogP contribution in [0.25, 0.3) is 6.08 Å². The standard InChI is InChI=1S/C15H12BrNO2/c1-19-15-5-3-11(10-13(15)16)2-4-14(18)12-6-8-17-9-7-12/h2-10H,1H3/b4-2+. The summed E-state index contributed by atoms with van der Waals surface area (Å²) in [5, 5.41) is 0. The third-order valence-electron chi connectivity index (χ3n) is 2.57. The molecule has 2 rings (SSSR count). The number of allylic oxidation sites excluding steroid dienone is 1. The quantitative estimate of drug-likeness (QED) is 0.637. The Balaban J connectivity index is 2.15. The lowest BCUT2D eigenvalue weighted by atomic mass is 10.1. The van der Waals surface area contributed by atoms with E-state index in [0.717, 1.165) is 15.8 Å². The lowest BCUT2D eigenvalue weighted by Gasteiger charge is -2.03. The average molecular weight is 318 g/mol. The first kappa shape index (κ1) is 13.5. The summed E-state index contributed by atoms with van der Waals surface area (Å²) >= 11 is 3.41. The minimum Gasteiger partial charge on any atom is -0.496 e. The second-order valence-corrected chi connectivity index (χ2v) is 4.68. The summed E-state index contributed by atoms with van der Waals surface area (Å²) in [6, 6.07) is 9.02. The number of pyridine rings is 1. The van der Waals surface area contributed by atoms with Crippen molar-refractivity contribution in [2.24, 2.45) is 0 Å². The topological polar surface area (TPSA) is 39.2 Å². The molecule has 0 aliphatic heterocycles. The Kier molecular flexibility index (Phi) is 4.47. The Labute approximate surface area is 120 Å². The van der Waals surface area contributed by atoms with Gasteiger partial charge in [-0.2, -0.15) is 0 Å². The van der Waals surface area contributed by atoms with Gasteiger partial charge in [0, 0.05) is 18.0 Å². The fraction of sp³-hybridized carbons (Fsp3) is 0.0667. The number of rotatable bonds is 4. The molecule has 0 amide bonds. The van der Waals surface area contributed by atoms with Crippen LogP contribution >= 0.6 is 15.9 Å². The average Bonchev–Trinajstić information content (AvgIpc) is 2.46. The molecule has 0 aliphatic carbocycles. The molecule has 0 bridgehead atoms. The summed E-state index contributed by atoms with van der Waals surface area (Å²) in [7, 11) is 1.61. The number of nitrogens with zero attached hydrogens (tertiary/aromatic N) is 1. The van der Waals surface area contributed by atoms with Crippen LogP contribution in [0.3, 0.4) is 0 Å². The largest absolute Gasteiger partial charge is 0.496 e. The molecule has 96 valence electrons. The molecule has 0 saturated carbocycles. The van der Waals surface area contributed by atoms with Crippen molar-refractivity contribution in [2.75, 3.05) is 7.11 Å². The second kappa shape index (κ2) is 6.29. The van der Waals surface area contributed by atoms with Crippen LogP contribution in [-0.4, -0.2) is 17.9 Å². The molecule has 1 heterocycles. The highest BCUT2D eigenvalue weighted by molar-refractivity contribution is 9.10. The summed E-state index contributed by atoms with van der Waals surface area (Å²) in [5.74, 6) is 0.715. The smallest absolute Gasteiger partial charge is 0.185 e. The zero-order valence-electron chi connectivity index (χ0n) is 10.3. The van der Waals surface area contributed by atoms with Crippen molar-refractivity contribution in [3.05, 3.63) is 64.4 Å². The number of aromatic nitrogens is 1. The first-order valence-corrected chi connectivity index (χ1v) is 6.46. The highest BCUT2D eigenvalue weighted by Crippen LogP contribution is 2.26. The monoisotopic (exact) mass is 317 g/mol. The lowest BCUT2D eigenvalue weighted by molar-refractivity contribution is 0.104. The number of carbonyl (C=O) groups is 1. The van der Waals surface area contributed by atoms with Crippen molar-refractivity contribution in [3.8, 4) is 5.75 Å². The van der Waals surface area contributed by atoms with Crippen molar-refractivity contribution in [2.45, 2.75) is 0 Å². The fourth-order valence-corrected chi connectivity index (χ4v) is 2.13. The van der Waals surface area contributed by atoms with Gasteiger partial charge in [0.25, 0.3) is 0 Å². The third kappa shape index (κ3) is 3.51. The van der Waals surface area contributed by atoms with Gasteiger partial charge in [-0.15, -0.1) is 0 Å². The summed E-state index contributed by atoms with van der Waals surface area (Å²) in [5.41, 5.74) is 1.55. The molecule has 0 unspecified atom stereocenters. The number of hydrogen-bond donors (Lipinski definition) is 0. The molecule has 1 aromatic carbocycles. The molecule has 0 aliphatic rings. The van der Waals surface area contributed by atoms with Crippen LogP contribution in [0.15, 0.2) is 53.3 Å². The number of hydrogen-bond acceptors (Lipinski definition) is 3. The molecular weight excluding hydrogens is 306 g/mol. The van der Waals surface area contributed by atoms with E-state index < -0.39 is 0 Å². The summed E-state index contributed by atoms with van der Waals surface area (Å²) in [6.07, 6.45) is 6.52. The van der Waals surface area contributed by atoms with Gasteiger partial charge in [-0.3, -0.25) is 9.78 Å². The van der Waals surface area contributed by atoms with Crippen molar-refractivity contribution >= 4 is 27.8 Å². The predicted molar refractivity (Wildman–Crippen MR) is 78.3 cm³/mol. The zero-order valence-corrected chi connectivity index (χ0v) is 11.9. The molecule has 4 heteroatoms. The Bertz CT molecular complexity index is 609. The fourth-order valence-electron chi connectivity index (χ4n) is 1.57. The van der Waals surface area contributed by atoms with Crippen molar-refractivity contribution in [3.63, 3.8) is 0 Å². The van der Waals surface area contributed by atoms with Crippen LogP contribution in [-0.2, 0) is 0 Å². The normalized spacial score (nSPS) is 10.6. The maximum absolute atomic E-state index is 11.9. The molecule has 0 spiro atoms. The first-order chi connectivity index (χ1) is 9.20. The minimum absolute atomic E-state index is 0.0469. The molecule has 19 heavy (non-hydrogen) atoms. The zero-order chi connectivity index (χ0) is 13.7. The minimum atomic E-state index is -0.0469. The maximum Gasteiger partial charge on any atom is 0.185 e. The number of benzene rings is 1. The second-order valence-electron chi connectivity index (χ2n) is 3.83. The van der Waals surface area contributed by atoms with Crippen molar-refractivity contribution < 1.29 is 9.53 Å². The summed E-state index contributed by atoms with van der Waals surface area (Å²) in [6.45, 7) is 0. The Morgan fingerprint density at radius 2 is 2.00 bits per heavy atom. The van der Waals surface area contributed by atoms with Gasteiger partial charge in [-0.25, -0.2) is 0 Å². The van der Waals surface area contributed by atoms with Crippen molar-refractivity contribution in [1.82, 2.24) is 4.98 Å². The molecule has 0 fully saturated rings. The van der Waals surface area contributed by atoms with Gasteiger partial charge >= 0.3 is 0 Å². The highest BCUT2D eigenvalue weighted by atomic mass is 79.9. The first-order valence-electron chi connectivity index (χ1n) is 5.66. The van der Waals surface area contributed by atoms with E-state index in [4.69, 9.17) is 4.74 Å². The Morgan fingerprint density at radius 3 is 2.63 bits per heavy atom. The maximum atomic E-state index is 11.9. The van der Waals surface area contributed by atoms with E-state index in [0.29, 0.717) is 5.56 Å². The number of methoxy groups -OCH3 is 1. The van der Waals surface area contributed by atoms with Crippen LogP contribution in [0.4, 0.5) is 0 Å². The van der Waals surface area contributed by atoms with Crippen LogP contribution in [0.1, 0.15) is 15.9 Å². The predicted octanol–water partition coefficient (Wildman–Crippen LogP) is 3.75. The lowest BCUT2D eigenvalue weighted by Crippen LogP contribution is -1.93. The van der Waals surface area contributed by atoms with Gasteiger partial charge < -0.3 is 4.74 Å². The molecular formula is C15H12BrNO2. The van der Waals surface area contributed by atoms with E-state index >= 15 is 0 Å². The van der Waals surface area contributed by atoms with E-state index in [1.807, 2.05) is 18.2 Å². The number of ketones is 1. The van der Waals surface area contributed by atoms with E-state index in [9.17, 15) is 4.79 Å². The molecule has 0 radical (unpaired) electrons. The molecule has 1 aromatic heterocycles. The van der Waals surface area contributed by atoms with Crippen LogP contribution < -0.4 is 4.74 Å². The number of halogens is 1. The van der Waals surface area contributed by atoms with Crippen LogP contribution in [0, 0.1) is 0 Å². The molecule has 3 nitrogen and oxygen atoms in total. The van der Waals surface area contributed by atoms with E-state index in [2.05, 4.69) is 20.9 Å². The van der Waals surface area contributed by atoms with Crippen molar-refractivity contribution in [1.29, 1.82) is 0 Å². The summed E-state index contributed by atoms with van der Waals surface area (Å²) in [4.78, 5) is 15.8. The van der Waals surface area contributed by atoms with Gasteiger partial charge in [-0.1, -0.05) is 12.1 Å². The molecule has 2 aromatic rings. The van der Waals surface area contributed by atoms with Gasteiger partial charge in [0.2, 0.25) is 0 Å². The van der Waals surface area contributed by atoms with E-state index in [-0.39, 0.29) is 5.78 Å². The summed E-state index contributed by atoms with van der Waals surface area (Å²) < 4.78 is 6.01. The van der Waals surface area contributed by atoms with Gasteiger partial charge in [-0.05, 0) is 51.8 Å². The van der Waals surface area contributed by atoms with Gasteiger partial charge in [0.05, 0.1) is 11.6 Å². The molecule has 0 N–H and O–H groups in total.